The molecule has 1 fully saturated rings. The molecule has 0 saturated heterocycles. The Bertz CT molecular complexity index is 127. The third-order valence-electron chi connectivity index (χ3n) is 3.37. The maximum absolute atomic E-state index is 3.85. The van der Waals surface area contributed by atoms with Crippen LogP contribution in [0.3, 0.4) is 0 Å². The molecule has 0 aliphatic heterocycles. The lowest BCUT2D eigenvalue weighted by molar-refractivity contribution is 0.380. The van der Waals surface area contributed by atoms with E-state index in [9.17, 15) is 0 Å². The first-order valence-corrected chi connectivity index (χ1v) is 6.62. The van der Waals surface area contributed by atoms with Crippen LogP contribution in [0.2, 0.25) is 0 Å². The molecule has 0 spiro atoms. The van der Waals surface area contributed by atoms with Gasteiger partial charge in [0.25, 0.3) is 0 Å². The molecule has 1 aliphatic rings. The van der Waals surface area contributed by atoms with Crippen LogP contribution in [0.5, 0.6) is 0 Å². The third kappa shape index (κ3) is 4.45. The summed E-state index contributed by atoms with van der Waals surface area (Å²) in [5, 5.41) is 3.85. The Kier molecular flexibility index (Phi) is 6.25. The first-order chi connectivity index (χ1) is 6.86. The van der Waals surface area contributed by atoms with Crippen LogP contribution in [-0.2, 0) is 0 Å². The highest BCUT2D eigenvalue weighted by Crippen LogP contribution is 2.20. The van der Waals surface area contributed by atoms with E-state index in [0.29, 0.717) is 0 Å². The summed E-state index contributed by atoms with van der Waals surface area (Å²) in [6, 6.07) is 1.66. The van der Waals surface area contributed by atoms with Gasteiger partial charge in [0.15, 0.2) is 0 Å². The normalized spacial score (nSPS) is 20.1. The predicted molar refractivity (Wildman–Crippen MR) is 63.6 cm³/mol. The zero-order chi connectivity index (χ0) is 10.2. The molecule has 14 heavy (non-hydrogen) atoms. The van der Waals surface area contributed by atoms with E-state index in [1.54, 1.807) is 0 Å². The van der Waals surface area contributed by atoms with Crippen LogP contribution in [0.4, 0.5) is 0 Å². The van der Waals surface area contributed by atoms with E-state index < -0.39 is 0 Å². The highest BCUT2D eigenvalue weighted by molar-refractivity contribution is 4.78. The second-order valence-corrected chi connectivity index (χ2v) is 4.78. The lowest BCUT2D eigenvalue weighted by Crippen LogP contribution is -2.36. The van der Waals surface area contributed by atoms with Gasteiger partial charge in [0.2, 0.25) is 0 Å². The zero-order valence-electron chi connectivity index (χ0n) is 10.0. The van der Waals surface area contributed by atoms with Crippen LogP contribution in [-0.4, -0.2) is 12.1 Å². The fourth-order valence-electron chi connectivity index (χ4n) is 2.54. The Labute approximate surface area is 89.7 Å². The van der Waals surface area contributed by atoms with Crippen LogP contribution >= 0.6 is 0 Å². The molecule has 0 aromatic rings. The molecule has 0 aromatic heterocycles. The summed E-state index contributed by atoms with van der Waals surface area (Å²) >= 11 is 0. The molecule has 0 heterocycles. The highest BCUT2D eigenvalue weighted by Gasteiger charge is 2.17. The maximum Gasteiger partial charge on any atom is 0.00696 e. The van der Waals surface area contributed by atoms with E-state index in [4.69, 9.17) is 0 Å². The van der Waals surface area contributed by atoms with Gasteiger partial charge in [0, 0.05) is 12.1 Å². The molecule has 0 amide bonds. The highest BCUT2D eigenvalue weighted by atomic mass is 14.9. The standard InChI is InChI=1S/C13H27N/c1-3-5-9-12(8-4-2)14-13-10-6-7-11-13/h12-14H,3-11H2,1-2H3. The van der Waals surface area contributed by atoms with Gasteiger partial charge in [-0.25, -0.2) is 0 Å². The smallest absolute Gasteiger partial charge is 0.00696 e. The largest absolute Gasteiger partial charge is 0.311 e. The summed E-state index contributed by atoms with van der Waals surface area (Å²) in [7, 11) is 0. The average molecular weight is 197 g/mol. The van der Waals surface area contributed by atoms with Crippen molar-refractivity contribution in [1.29, 1.82) is 0 Å². The first kappa shape index (κ1) is 12.0. The quantitative estimate of drug-likeness (QED) is 0.653. The Morgan fingerprint density at radius 1 is 1.07 bits per heavy atom. The fourth-order valence-corrected chi connectivity index (χ4v) is 2.54. The minimum atomic E-state index is 0.808. The summed E-state index contributed by atoms with van der Waals surface area (Å²) < 4.78 is 0. The zero-order valence-corrected chi connectivity index (χ0v) is 10.0. The van der Waals surface area contributed by atoms with Crippen molar-refractivity contribution < 1.29 is 0 Å². The van der Waals surface area contributed by atoms with Gasteiger partial charge in [-0.15, -0.1) is 0 Å². The van der Waals surface area contributed by atoms with Gasteiger partial charge in [-0.1, -0.05) is 46.0 Å². The topological polar surface area (TPSA) is 12.0 Å². The Hall–Kier alpha value is -0.0400. The van der Waals surface area contributed by atoms with E-state index in [1.807, 2.05) is 0 Å². The van der Waals surface area contributed by atoms with Crippen molar-refractivity contribution in [3.05, 3.63) is 0 Å². The molecule has 1 heteroatoms. The van der Waals surface area contributed by atoms with Gasteiger partial charge in [-0.3, -0.25) is 0 Å². The maximum atomic E-state index is 3.85. The molecule has 1 N–H and O–H groups in total. The molecular weight excluding hydrogens is 170 g/mol. The molecule has 1 aliphatic carbocycles. The van der Waals surface area contributed by atoms with Gasteiger partial charge in [0.05, 0.1) is 0 Å². The van der Waals surface area contributed by atoms with Crippen molar-refractivity contribution in [3.8, 4) is 0 Å². The molecule has 1 rings (SSSR count). The fraction of sp³-hybridized carbons (Fsp3) is 1.00. The van der Waals surface area contributed by atoms with Crippen molar-refractivity contribution in [3.63, 3.8) is 0 Å². The summed E-state index contributed by atoms with van der Waals surface area (Å²) in [6.45, 7) is 4.59. The van der Waals surface area contributed by atoms with Crippen molar-refractivity contribution in [2.45, 2.75) is 83.7 Å². The van der Waals surface area contributed by atoms with Crippen LogP contribution in [0.25, 0.3) is 0 Å². The van der Waals surface area contributed by atoms with Crippen LogP contribution in [0.15, 0.2) is 0 Å². The molecule has 1 saturated carbocycles. The Morgan fingerprint density at radius 3 is 2.36 bits per heavy atom. The van der Waals surface area contributed by atoms with Crippen molar-refractivity contribution in [2.24, 2.45) is 0 Å². The van der Waals surface area contributed by atoms with Gasteiger partial charge in [0.1, 0.15) is 0 Å². The summed E-state index contributed by atoms with van der Waals surface area (Å²) in [5.41, 5.74) is 0. The number of hydrogen-bond donors (Lipinski definition) is 1. The van der Waals surface area contributed by atoms with Gasteiger partial charge < -0.3 is 5.32 Å². The summed E-state index contributed by atoms with van der Waals surface area (Å²) in [5.74, 6) is 0. The third-order valence-corrected chi connectivity index (χ3v) is 3.37. The summed E-state index contributed by atoms with van der Waals surface area (Å²) in [6.07, 6.45) is 12.6. The van der Waals surface area contributed by atoms with E-state index in [1.165, 1.54) is 57.8 Å². The van der Waals surface area contributed by atoms with Gasteiger partial charge >= 0.3 is 0 Å². The lowest BCUT2D eigenvalue weighted by Gasteiger charge is -2.22. The number of hydrogen-bond acceptors (Lipinski definition) is 1. The van der Waals surface area contributed by atoms with Crippen LogP contribution in [0.1, 0.15) is 71.6 Å². The number of rotatable bonds is 7. The van der Waals surface area contributed by atoms with Crippen molar-refractivity contribution in [1.82, 2.24) is 5.32 Å². The first-order valence-electron chi connectivity index (χ1n) is 6.62. The molecule has 0 bridgehead atoms. The van der Waals surface area contributed by atoms with Crippen molar-refractivity contribution in [2.75, 3.05) is 0 Å². The molecule has 1 atom stereocenters. The molecule has 0 aromatic carbocycles. The van der Waals surface area contributed by atoms with E-state index in [0.717, 1.165) is 12.1 Å². The van der Waals surface area contributed by atoms with E-state index >= 15 is 0 Å². The van der Waals surface area contributed by atoms with Crippen molar-refractivity contribution >= 4 is 0 Å². The Morgan fingerprint density at radius 2 is 1.79 bits per heavy atom. The van der Waals surface area contributed by atoms with Crippen LogP contribution in [0, 0.1) is 0 Å². The second-order valence-electron chi connectivity index (χ2n) is 4.78. The van der Waals surface area contributed by atoms with Gasteiger partial charge in [-0.05, 0) is 25.7 Å². The monoisotopic (exact) mass is 197 g/mol. The Balaban J connectivity index is 2.18. The summed E-state index contributed by atoms with van der Waals surface area (Å²) in [4.78, 5) is 0. The minimum absolute atomic E-state index is 0.808. The predicted octanol–water partition coefficient (Wildman–Crippen LogP) is 3.88. The molecular formula is C13H27N. The molecule has 1 nitrogen and oxygen atoms in total. The van der Waals surface area contributed by atoms with E-state index in [2.05, 4.69) is 19.2 Å². The number of nitrogens with one attached hydrogen (secondary N) is 1. The second kappa shape index (κ2) is 7.28. The lowest BCUT2D eigenvalue weighted by atomic mass is 10.0. The van der Waals surface area contributed by atoms with Gasteiger partial charge in [-0.2, -0.15) is 0 Å². The van der Waals surface area contributed by atoms with E-state index in [-0.39, 0.29) is 0 Å². The van der Waals surface area contributed by atoms with Crippen LogP contribution < -0.4 is 5.32 Å². The molecule has 0 radical (unpaired) electrons. The average Bonchev–Trinajstić information content (AvgIpc) is 2.67. The molecule has 1 unspecified atom stereocenters. The molecule has 84 valence electrons. The number of unbranched alkanes of at least 4 members (excludes halogenated alkanes) is 1. The minimum Gasteiger partial charge on any atom is -0.311 e. The SMILES string of the molecule is CCCCC(CCC)NC1CCCC1.